The van der Waals surface area contributed by atoms with Gasteiger partial charge < -0.3 is 14.4 Å². The number of hydrogen-bond donors (Lipinski definition) is 0. The van der Waals surface area contributed by atoms with Crippen LogP contribution in [-0.2, 0) is 0 Å². The average molecular weight is 365 g/mol. The predicted molar refractivity (Wildman–Crippen MR) is 105 cm³/mol. The van der Waals surface area contributed by atoms with Crippen LogP contribution in [0.15, 0.2) is 54.7 Å². The first-order valence-corrected chi connectivity index (χ1v) is 8.72. The minimum atomic E-state index is -0.128. The molecule has 6 heteroatoms. The molecule has 0 radical (unpaired) electrons. The van der Waals surface area contributed by atoms with Crippen molar-refractivity contribution in [3.05, 3.63) is 60.4 Å². The molecular weight excluding hydrogens is 342 g/mol. The number of methoxy groups -OCH3 is 2. The molecule has 27 heavy (non-hydrogen) atoms. The Morgan fingerprint density at radius 1 is 1.07 bits per heavy atom. The number of amides is 1. The van der Waals surface area contributed by atoms with E-state index in [1.807, 2.05) is 61.7 Å². The fraction of sp³-hybridized carbons (Fsp3) is 0.238. The van der Waals surface area contributed by atoms with Crippen molar-refractivity contribution < 1.29 is 14.3 Å². The number of carbonyl (C=O) groups excluding carboxylic acids is 1. The molecule has 140 valence electrons. The molecule has 0 atom stereocenters. The lowest BCUT2D eigenvalue weighted by atomic mass is 10.1. The van der Waals surface area contributed by atoms with E-state index in [0.29, 0.717) is 23.7 Å². The van der Waals surface area contributed by atoms with Gasteiger partial charge in [-0.05, 0) is 36.8 Å². The van der Waals surface area contributed by atoms with Gasteiger partial charge in [-0.2, -0.15) is 5.10 Å². The maximum absolute atomic E-state index is 12.9. The van der Waals surface area contributed by atoms with E-state index in [9.17, 15) is 4.79 Å². The highest BCUT2D eigenvalue weighted by Crippen LogP contribution is 2.34. The number of para-hydroxylation sites is 1. The largest absolute Gasteiger partial charge is 0.493 e. The molecule has 0 spiro atoms. The number of hydrogen-bond acceptors (Lipinski definition) is 4. The van der Waals surface area contributed by atoms with Gasteiger partial charge in [-0.3, -0.25) is 4.79 Å². The number of aromatic nitrogens is 2. The lowest BCUT2D eigenvalue weighted by Crippen LogP contribution is -2.27. The third-order valence-electron chi connectivity index (χ3n) is 4.45. The molecule has 0 bridgehead atoms. The molecule has 3 rings (SSSR count). The zero-order valence-corrected chi connectivity index (χ0v) is 16.0. The molecule has 1 amide bonds. The van der Waals surface area contributed by atoms with E-state index in [0.717, 1.165) is 16.8 Å². The number of benzene rings is 2. The van der Waals surface area contributed by atoms with E-state index < -0.39 is 0 Å². The highest BCUT2D eigenvalue weighted by atomic mass is 16.5. The molecule has 2 aromatic carbocycles. The standard InChI is InChI=1S/C21H23N3O3/c1-5-23(2)21(25)20-17(14-24(22-20)16-9-7-6-8-10-16)15-11-12-18(26-3)19(13-15)27-4/h6-14H,5H2,1-4H3. The van der Waals surface area contributed by atoms with Crippen LogP contribution in [0.4, 0.5) is 0 Å². The van der Waals surface area contributed by atoms with Crippen LogP contribution in [0, 0.1) is 0 Å². The number of rotatable bonds is 6. The van der Waals surface area contributed by atoms with Gasteiger partial charge in [0.25, 0.3) is 5.91 Å². The van der Waals surface area contributed by atoms with Gasteiger partial charge in [0.1, 0.15) is 0 Å². The molecule has 0 N–H and O–H groups in total. The van der Waals surface area contributed by atoms with Crippen molar-refractivity contribution in [3.8, 4) is 28.3 Å². The van der Waals surface area contributed by atoms with Crippen molar-refractivity contribution in [1.29, 1.82) is 0 Å². The Labute approximate surface area is 158 Å². The first-order valence-electron chi connectivity index (χ1n) is 8.72. The van der Waals surface area contributed by atoms with Crippen molar-refractivity contribution >= 4 is 5.91 Å². The Morgan fingerprint density at radius 3 is 2.41 bits per heavy atom. The summed E-state index contributed by atoms with van der Waals surface area (Å²) in [6.45, 7) is 2.53. The molecular formula is C21H23N3O3. The Bertz CT molecular complexity index is 935. The van der Waals surface area contributed by atoms with E-state index in [-0.39, 0.29) is 5.91 Å². The lowest BCUT2D eigenvalue weighted by molar-refractivity contribution is 0.0797. The molecule has 0 aliphatic carbocycles. The zero-order chi connectivity index (χ0) is 19.4. The summed E-state index contributed by atoms with van der Waals surface area (Å²) in [6, 6.07) is 15.3. The molecule has 0 unspecified atom stereocenters. The first-order chi connectivity index (χ1) is 13.1. The Hall–Kier alpha value is -3.28. The van der Waals surface area contributed by atoms with E-state index in [2.05, 4.69) is 5.10 Å². The summed E-state index contributed by atoms with van der Waals surface area (Å²) < 4.78 is 12.5. The fourth-order valence-electron chi connectivity index (χ4n) is 2.78. The van der Waals surface area contributed by atoms with Crippen molar-refractivity contribution in [2.75, 3.05) is 27.8 Å². The van der Waals surface area contributed by atoms with E-state index in [4.69, 9.17) is 9.47 Å². The molecule has 1 aromatic heterocycles. The molecule has 3 aromatic rings. The minimum absolute atomic E-state index is 0.128. The van der Waals surface area contributed by atoms with Crippen molar-refractivity contribution in [1.82, 2.24) is 14.7 Å². The highest BCUT2D eigenvalue weighted by Gasteiger charge is 2.22. The number of nitrogens with zero attached hydrogens (tertiary/aromatic N) is 3. The van der Waals surface area contributed by atoms with Crippen molar-refractivity contribution in [2.45, 2.75) is 6.92 Å². The summed E-state index contributed by atoms with van der Waals surface area (Å²) in [5, 5.41) is 4.58. The molecule has 0 saturated carbocycles. The molecule has 0 fully saturated rings. The molecule has 6 nitrogen and oxygen atoms in total. The second-order valence-electron chi connectivity index (χ2n) is 6.06. The highest BCUT2D eigenvalue weighted by molar-refractivity contribution is 5.99. The SMILES string of the molecule is CCN(C)C(=O)c1nn(-c2ccccc2)cc1-c1ccc(OC)c(OC)c1. The van der Waals surface area contributed by atoms with Crippen molar-refractivity contribution in [3.63, 3.8) is 0 Å². The van der Waals surface area contributed by atoms with Gasteiger partial charge in [0, 0.05) is 25.4 Å². The Balaban J connectivity index is 2.15. The second kappa shape index (κ2) is 7.95. The van der Waals surface area contributed by atoms with Gasteiger partial charge in [-0.15, -0.1) is 0 Å². The van der Waals surface area contributed by atoms with E-state index >= 15 is 0 Å². The van der Waals surface area contributed by atoms with Gasteiger partial charge in [-0.1, -0.05) is 24.3 Å². The van der Waals surface area contributed by atoms with Gasteiger partial charge in [0.2, 0.25) is 0 Å². The maximum Gasteiger partial charge on any atom is 0.274 e. The fourth-order valence-corrected chi connectivity index (χ4v) is 2.78. The topological polar surface area (TPSA) is 56.6 Å². The summed E-state index contributed by atoms with van der Waals surface area (Å²) in [4.78, 5) is 14.5. The molecule has 0 aliphatic heterocycles. The predicted octanol–water partition coefficient (Wildman–Crippen LogP) is 3.65. The number of ether oxygens (including phenoxy) is 2. The normalized spacial score (nSPS) is 10.5. The second-order valence-corrected chi connectivity index (χ2v) is 6.06. The summed E-state index contributed by atoms with van der Waals surface area (Å²) in [5.41, 5.74) is 2.86. The van der Waals surface area contributed by atoms with Crippen LogP contribution in [0.3, 0.4) is 0 Å². The van der Waals surface area contributed by atoms with Crippen molar-refractivity contribution in [2.24, 2.45) is 0 Å². The van der Waals surface area contributed by atoms with Crippen LogP contribution < -0.4 is 9.47 Å². The summed E-state index contributed by atoms with van der Waals surface area (Å²) in [5.74, 6) is 1.11. The van der Waals surface area contributed by atoms with Crippen LogP contribution in [0.5, 0.6) is 11.5 Å². The summed E-state index contributed by atoms with van der Waals surface area (Å²) in [7, 11) is 4.95. The Kier molecular flexibility index (Phi) is 5.45. The Morgan fingerprint density at radius 2 is 1.78 bits per heavy atom. The first kappa shape index (κ1) is 18.5. The monoisotopic (exact) mass is 365 g/mol. The van der Waals surface area contributed by atoms with Crippen LogP contribution in [0.1, 0.15) is 17.4 Å². The quantitative estimate of drug-likeness (QED) is 0.669. The van der Waals surface area contributed by atoms with E-state index in [1.165, 1.54) is 0 Å². The van der Waals surface area contributed by atoms with Crippen LogP contribution in [-0.4, -0.2) is 48.4 Å². The maximum atomic E-state index is 12.9. The van der Waals surface area contributed by atoms with Gasteiger partial charge in [0.15, 0.2) is 17.2 Å². The van der Waals surface area contributed by atoms with E-state index in [1.54, 1.807) is 30.8 Å². The van der Waals surface area contributed by atoms with Crippen LogP contribution >= 0.6 is 0 Å². The molecule has 0 saturated heterocycles. The zero-order valence-electron chi connectivity index (χ0n) is 16.0. The van der Waals surface area contributed by atoms with Gasteiger partial charge >= 0.3 is 0 Å². The minimum Gasteiger partial charge on any atom is -0.493 e. The third kappa shape index (κ3) is 3.65. The van der Waals surface area contributed by atoms with Crippen LogP contribution in [0.25, 0.3) is 16.8 Å². The average Bonchev–Trinajstić information content (AvgIpc) is 3.18. The smallest absolute Gasteiger partial charge is 0.274 e. The summed E-state index contributed by atoms with van der Waals surface area (Å²) >= 11 is 0. The number of carbonyl (C=O) groups is 1. The molecule has 1 heterocycles. The van der Waals surface area contributed by atoms with Crippen LogP contribution in [0.2, 0.25) is 0 Å². The van der Waals surface area contributed by atoms with Gasteiger partial charge in [-0.25, -0.2) is 4.68 Å². The summed E-state index contributed by atoms with van der Waals surface area (Å²) in [6.07, 6.45) is 1.87. The lowest BCUT2D eigenvalue weighted by Gasteiger charge is -2.14. The van der Waals surface area contributed by atoms with Gasteiger partial charge in [0.05, 0.1) is 19.9 Å². The third-order valence-corrected chi connectivity index (χ3v) is 4.45. The molecule has 0 aliphatic rings.